The van der Waals surface area contributed by atoms with Gasteiger partial charge in [-0.2, -0.15) is 5.10 Å². The molecule has 3 N–H and O–H groups in total. The summed E-state index contributed by atoms with van der Waals surface area (Å²) >= 11 is 0. The van der Waals surface area contributed by atoms with Crippen LogP contribution in [0.3, 0.4) is 0 Å². The maximum absolute atomic E-state index is 12.1. The molecule has 0 spiro atoms. The molecule has 2 heterocycles. The Morgan fingerprint density at radius 2 is 2.16 bits per heavy atom. The summed E-state index contributed by atoms with van der Waals surface area (Å²) in [6.45, 7) is 4.00. The number of aromatic nitrogens is 3. The van der Waals surface area contributed by atoms with E-state index in [0.29, 0.717) is 17.2 Å². The van der Waals surface area contributed by atoms with Crippen LogP contribution in [0.4, 0.5) is 11.6 Å². The molecule has 2 aromatic heterocycles. The fraction of sp³-hybridized carbons (Fsp3) is 0.308. The summed E-state index contributed by atoms with van der Waals surface area (Å²) in [5, 5.41) is 6.81. The minimum atomic E-state index is -0.241. The number of carbonyl (C=O) groups is 1. The van der Waals surface area contributed by atoms with Crippen LogP contribution in [-0.2, 0) is 7.05 Å². The van der Waals surface area contributed by atoms with Gasteiger partial charge in [0.2, 0.25) is 0 Å². The number of hydrogen-bond acceptors (Lipinski definition) is 4. The molecule has 0 aliphatic heterocycles. The van der Waals surface area contributed by atoms with E-state index in [-0.39, 0.29) is 11.8 Å². The normalized spacial score (nSPS) is 10.7. The van der Waals surface area contributed by atoms with Crippen molar-refractivity contribution in [3.05, 3.63) is 35.7 Å². The number of pyridine rings is 1. The summed E-state index contributed by atoms with van der Waals surface area (Å²) in [4.78, 5) is 16.3. The molecule has 0 radical (unpaired) electrons. The van der Waals surface area contributed by atoms with Gasteiger partial charge in [0.05, 0.1) is 0 Å². The molecule has 2 rings (SSSR count). The van der Waals surface area contributed by atoms with Gasteiger partial charge in [-0.25, -0.2) is 4.98 Å². The predicted molar refractivity (Wildman–Crippen MR) is 73.9 cm³/mol. The van der Waals surface area contributed by atoms with Crippen molar-refractivity contribution in [2.45, 2.75) is 19.8 Å². The lowest BCUT2D eigenvalue weighted by Crippen LogP contribution is -2.14. The molecule has 0 saturated heterocycles. The third-order valence-electron chi connectivity index (χ3n) is 2.67. The van der Waals surface area contributed by atoms with Crippen LogP contribution in [0.15, 0.2) is 24.4 Å². The van der Waals surface area contributed by atoms with Gasteiger partial charge in [0.1, 0.15) is 5.82 Å². The topological polar surface area (TPSA) is 85.8 Å². The van der Waals surface area contributed by atoms with Crippen molar-refractivity contribution in [1.82, 2.24) is 14.8 Å². The van der Waals surface area contributed by atoms with Crippen LogP contribution >= 0.6 is 0 Å². The van der Waals surface area contributed by atoms with E-state index in [2.05, 4.69) is 15.4 Å². The first-order valence-electron chi connectivity index (χ1n) is 6.04. The minimum Gasteiger partial charge on any atom is -0.384 e. The molecule has 1 amide bonds. The van der Waals surface area contributed by atoms with Gasteiger partial charge in [0.25, 0.3) is 5.91 Å². The zero-order valence-corrected chi connectivity index (χ0v) is 11.2. The highest BCUT2D eigenvalue weighted by Crippen LogP contribution is 2.17. The number of carbonyl (C=O) groups excluding carboxylic acids is 1. The summed E-state index contributed by atoms with van der Waals surface area (Å²) in [5.74, 6) is 0.825. The van der Waals surface area contributed by atoms with E-state index in [4.69, 9.17) is 5.73 Å². The maximum Gasteiger partial charge on any atom is 0.257 e. The Balaban J connectivity index is 2.23. The Bertz CT molecular complexity index is 603. The summed E-state index contributed by atoms with van der Waals surface area (Å²) in [5.41, 5.74) is 7.01. The number of nitrogens with two attached hydrogens (primary N) is 1. The zero-order chi connectivity index (χ0) is 14.0. The third kappa shape index (κ3) is 3.09. The van der Waals surface area contributed by atoms with Crippen LogP contribution in [-0.4, -0.2) is 20.7 Å². The number of nitrogens with zero attached hydrogens (tertiary/aromatic N) is 3. The van der Waals surface area contributed by atoms with E-state index in [9.17, 15) is 4.79 Å². The predicted octanol–water partition coefficient (Wildman–Crippen LogP) is 1.77. The Morgan fingerprint density at radius 1 is 1.42 bits per heavy atom. The number of nitrogen functional groups attached to an aromatic ring is 1. The molecule has 6 heteroatoms. The SMILES string of the molecule is CC(C)c1cc(C(=O)Nc2ccn(C)n2)cc(N)n1. The number of anilines is 2. The second-order valence-electron chi connectivity index (χ2n) is 4.69. The molecule has 2 aromatic rings. The minimum absolute atomic E-state index is 0.213. The van der Waals surface area contributed by atoms with E-state index in [1.165, 1.54) is 0 Å². The monoisotopic (exact) mass is 259 g/mol. The van der Waals surface area contributed by atoms with Gasteiger partial charge in [-0.3, -0.25) is 9.48 Å². The van der Waals surface area contributed by atoms with E-state index < -0.39 is 0 Å². The van der Waals surface area contributed by atoms with Crippen LogP contribution in [0, 0.1) is 0 Å². The first-order chi connectivity index (χ1) is 8.95. The molecule has 0 unspecified atom stereocenters. The zero-order valence-electron chi connectivity index (χ0n) is 11.2. The Labute approximate surface area is 111 Å². The Kier molecular flexibility index (Phi) is 3.50. The Morgan fingerprint density at radius 3 is 2.74 bits per heavy atom. The van der Waals surface area contributed by atoms with Crippen molar-refractivity contribution < 1.29 is 4.79 Å². The lowest BCUT2D eigenvalue weighted by molar-refractivity contribution is 0.102. The third-order valence-corrected chi connectivity index (χ3v) is 2.67. The van der Waals surface area contributed by atoms with Crippen molar-refractivity contribution in [1.29, 1.82) is 0 Å². The molecule has 0 fully saturated rings. The molecule has 0 aromatic carbocycles. The van der Waals surface area contributed by atoms with Gasteiger partial charge in [0.15, 0.2) is 5.82 Å². The standard InChI is InChI=1S/C13H17N5O/c1-8(2)10-6-9(7-11(14)15-10)13(19)16-12-4-5-18(3)17-12/h4-8H,1-3H3,(H2,14,15)(H,16,17,19). The van der Waals surface area contributed by atoms with Crippen molar-refractivity contribution >= 4 is 17.5 Å². The highest BCUT2D eigenvalue weighted by Gasteiger charge is 2.12. The first-order valence-corrected chi connectivity index (χ1v) is 6.04. The van der Waals surface area contributed by atoms with E-state index in [0.717, 1.165) is 5.69 Å². The number of aryl methyl sites for hydroxylation is 1. The fourth-order valence-electron chi connectivity index (χ4n) is 1.67. The molecule has 6 nitrogen and oxygen atoms in total. The van der Waals surface area contributed by atoms with Crippen molar-refractivity contribution in [2.24, 2.45) is 7.05 Å². The van der Waals surface area contributed by atoms with Gasteiger partial charge in [-0.1, -0.05) is 13.8 Å². The largest absolute Gasteiger partial charge is 0.384 e. The molecule has 100 valence electrons. The molecule has 0 aliphatic rings. The lowest BCUT2D eigenvalue weighted by Gasteiger charge is -2.08. The van der Waals surface area contributed by atoms with Crippen LogP contribution < -0.4 is 11.1 Å². The van der Waals surface area contributed by atoms with Gasteiger partial charge >= 0.3 is 0 Å². The van der Waals surface area contributed by atoms with Gasteiger partial charge in [-0.15, -0.1) is 0 Å². The molecule has 0 bridgehead atoms. The first kappa shape index (κ1) is 13.1. The number of nitrogens with one attached hydrogen (secondary N) is 1. The Hall–Kier alpha value is -2.37. The quantitative estimate of drug-likeness (QED) is 0.879. The summed E-state index contributed by atoms with van der Waals surface area (Å²) in [6, 6.07) is 5.04. The second kappa shape index (κ2) is 5.09. The molecular weight excluding hydrogens is 242 g/mol. The molecule has 0 atom stereocenters. The van der Waals surface area contributed by atoms with Crippen LogP contribution in [0.1, 0.15) is 35.8 Å². The fourth-order valence-corrected chi connectivity index (χ4v) is 1.67. The number of rotatable bonds is 3. The number of amides is 1. The highest BCUT2D eigenvalue weighted by atomic mass is 16.1. The van der Waals surface area contributed by atoms with Crippen LogP contribution in [0.2, 0.25) is 0 Å². The number of hydrogen-bond donors (Lipinski definition) is 2. The van der Waals surface area contributed by atoms with Crippen LogP contribution in [0.25, 0.3) is 0 Å². The van der Waals surface area contributed by atoms with Crippen LogP contribution in [0.5, 0.6) is 0 Å². The average molecular weight is 259 g/mol. The van der Waals surface area contributed by atoms with E-state index in [1.54, 1.807) is 36.1 Å². The lowest BCUT2D eigenvalue weighted by atomic mass is 10.1. The summed E-state index contributed by atoms with van der Waals surface area (Å²) < 4.78 is 1.62. The smallest absolute Gasteiger partial charge is 0.257 e. The summed E-state index contributed by atoms with van der Waals surface area (Å²) in [6.07, 6.45) is 1.76. The van der Waals surface area contributed by atoms with E-state index >= 15 is 0 Å². The van der Waals surface area contributed by atoms with E-state index in [1.807, 2.05) is 13.8 Å². The molecule has 0 saturated carbocycles. The second-order valence-corrected chi connectivity index (χ2v) is 4.69. The molecular formula is C13H17N5O. The van der Waals surface area contributed by atoms with Crippen molar-refractivity contribution in [2.75, 3.05) is 11.1 Å². The van der Waals surface area contributed by atoms with Crippen molar-refractivity contribution in [3.63, 3.8) is 0 Å². The van der Waals surface area contributed by atoms with Gasteiger partial charge < -0.3 is 11.1 Å². The van der Waals surface area contributed by atoms with Crippen molar-refractivity contribution in [3.8, 4) is 0 Å². The molecule has 0 aliphatic carbocycles. The van der Waals surface area contributed by atoms with Gasteiger partial charge in [0, 0.05) is 30.6 Å². The summed E-state index contributed by atoms with van der Waals surface area (Å²) in [7, 11) is 1.79. The average Bonchev–Trinajstić information content (AvgIpc) is 2.73. The highest BCUT2D eigenvalue weighted by molar-refractivity contribution is 6.04. The maximum atomic E-state index is 12.1. The van der Waals surface area contributed by atoms with Gasteiger partial charge in [-0.05, 0) is 18.1 Å². The molecule has 19 heavy (non-hydrogen) atoms.